The normalized spacial score (nSPS) is 16.8. The molecule has 5 nitrogen and oxygen atoms in total. The number of carbonyl (C=O) groups is 2. The molecule has 2 rings (SSSR count). The van der Waals surface area contributed by atoms with Gasteiger partial charge in [-0.2, -0.15) is 5.26 Å². The topological polar surface area (TPSA) is 82.0 Å². The second-order valence-corrected chi connectivity index (χ2v) is 7.79. The van der Waals surface area contributed by atoms with Crippen LogP contribution in [0, 0.1) is 11.3 Å². The van der Waals surface area contributed by atoms with Gasteiger partial charge >= 0.3 is 0 Å². The molecule has 1 aliphatic rings. The quantitative estimate of drug-likeness (QED) is 0.526. The van der Waals surface area contributed by atoms with E-state index in [2.05, 4.69) is 23.6 Å². The fourth-order valence-corrected chi connectivity index (χ4v) is 3.96. The number of unbranched alkanes of at least 4 members (excludes halogenated alkanes) is 1. The smallest absolute Gasteiger partial charge is 0.230 e. The monoisotopic (exact) mass is 389 g/mol. The summed E-state index contributed by atoms with van der Waals surface area (Å²) in [5, 5.41) is 15.7. The highest BCUT2D eigenvalue weighted by Crippen LogP contribution is 2.36. The number of nitriles is 1. The van der Waals surface area contributed by atoms with Crippen LogP contribution in [0.2, 0.25) is 0 Å². The van der Waals surface area contributed by atoms with Crippen molar-refractivity contribution in [2.45, 2.75) is 37.0 Å². The molecule has 0 aliphatic carbocycles. The number of hydrogen-bond acceptors (Lipinski definition) is 5. The van der Waals surface area contributed by atoms with E-state index in [1.807, 2.05) is 30.5 Å². The van der Waals surface area contributed by atoms with Crippen LogP contribution in [-0.4, -0.2) is 30.4 Å². The van der Waals surface area contributed by atoms with E-state index in [1.165, 1.54) is 11.8 Å². The van der Waals surface area contributed by atoms with Crippen molar-refractivity contribution in [1.29, 1.82) is 5.26 Å². The van der Waals surface area contributed by atoms with E-state index in [-0.39, 0.29) is 29.9 Å². The van der Waals surface area contributed by atoms with Gasteiger partial charge in [0, 0.05) is 23.8 Å². The Morgan fingerprint density at radius 3 is 2.73 bits per heavy atom. The Bertz CT molecular complexity index is 723. The standard InChI is InChI=1S/C19H23N3O2S2/c1-3-4-9-21-18(24)12-26-19-16(11-20)15(10-17(23)22-19)13-5-7-14(25-2)8-6-13/h5-8,15H,3-4,9-10,12H2,1-2H3,(H,21,24)(H,22,23)/t15-/m0/s1. The number of thioether (sulfide) groups is 2. The summed E-state index contributed by atoms with van der Waals surface area (Å²) in [6, 6.07) is 10.2. The zero-order valence-corrected chi connectivity index (χ0v) is 16.6. The first kappa shape index (κ1) is 20.4. The average molecular weight is 390 g/mol. The SMILES string of the molecule is CCCCNC(=O)CSC1=C(C#N)[C@H](c2ccc(SC)cc2)CC(=O)N1. The summed E-state index contributed by atoms with van der Waals surface area (Å²) >= 11 is 2.86. The molecule has 2 N–H and O–H groups in total. The van der Waals surface area contributed by atoms with E-state index >= 15 is 0 Å². The summed E-state index contributed by atoms with van der Waals surface area (Å²) in [5.74, 6) is -0.302. The Morgan fingerprint density at radius 2 is 2.12 bits per heavy atom. The predicted octanol–water partition coefficient (Wildman–Crippen LogP) is 3.40. The van der Waals surface area contributed by atoms with Crippen LogP contribution in [0.4, 0.5) is 0 Å². The van der Waals surface area contributed by atoms with E-state index in [9.17, 15) is 14.9 Å². The molecule has 7 heteroatoms. The Kier molecular flexibility index (Phi) is 8.07. The van der Waals surface area contributed by atoms with Crippen molar-refractivity contribution >= 4 is 35.3 Å². The first-order valence-electron chi connectivity index (χ1n) is 8.56. The third kappa shape index (κ3) is 5.55. The van der Waals surface area contributed by atoms with Crippen molar-refractivity contribution in [2.75, 3.05) is 18.6 Å². The molecule has 0 saturated carbocycles. The molecule has 0 bridgehead atoms. The summed E-state index contributed by atoms with van der Waals surface area (Å²) in [6.45, 7) is 2.71. The summed E-state index contributed by atoms with van der Waals surface area (Å²) < 4.78 is 0. The molecular formula is C19H23N3O2S2. The lowest BCUT2D eigenvalue weighted by Gasteiger charge is -2.25. The van der Waals surface area contributed by atoms with Gasteiger partial charge in [0.25, 0.3) is 0 Å². The largest absolute Gasteiger partial charge is 0.355 e. The van der Waals surface area contributed by atoms with Crippen molar-refractivity contribution in [2.24, 2.45) is 0 Å². The third-order valence-corrected chi connectivity index (χ3v) is 5.84. The molecular weight excluding hydrogens is 366 g/mol. The second kappa shape index (κ2) is 10.3. The van der Waals surface area contributed by atoms with Gasteiger partial charge in [-0.1, -0.05) is 37.2 Å². The number of allylic oxidation sites excluding steroid dienone is 1. The second-order valence-electron chi connectivity index (χ2n) is 5.92. The van der Waals surface area contributed by atoms with Crippen LogP contribution in [0.1, 0.15) is 37.7 Å². The van der Waals surface area contributed by atoms with Crippen LogP contribution < -0.4 is 10.6 Å². The van der Waals surface area contributed by atoms with E-state index < -0.39 is 0 Å². The number of rotatable bonds is 8. The van der Waals surface area contributed by atoms with Gasteiger partial charge in [-0.15, -0.1) is 11.8 Å². The van der Waals surface area contributed by atoms with Crippen LogP contribution in [0.3, 0.4) is 0 Å². The molecule has 1 atom stereocenters. The molecule has 2 amide bonds. The van der Waals surface area contributed by atoms with Gasteiger partial charge in [0.1, 0.15) is 0 Å². The highest BCUT2D eigenvalue weighted by molar-refractivity contribution is 8.03. The highest BCUT2D eigenvalue weighted by atomic mass is 32.2. The predicted molar refractivity (Wildman–Crippen MR) is 107 cm³/mol. The van der Waals surface area contributed by atoms with Gasteiger partial charge in [-0.05, 0) is 30.4 Å². The van der Waals surface area contributed by atoms with Crippen molar-refractivity contribution < 1.29 is 9.59 Å². The fourth-order valence-electron chi connectivity index (χ4n) is 2.65. The maximum atomic E-state index is 12.1. The summed E-state index contributed by atoms with van der Waals surface area (Å²) in [4.78, 5) is 25.2. The van der Waals surface area contributed by atoms with Crippen molar-refractivity contribution in [3.63, 3.8) is 0 Å². The minimum absolute atomic E-state index is 0.0889. The van der Waals surface area contributed by atoms with Crippen LogP contribution in [0.5, 0.6) is 0 Å². The number of nitrogens with one attached hydrogen (secondary N) is 2. The van der Waals surface area contributed by atoms with E-state index in [0.717, 1.165) is 23.3 Å². The first-order chi connectivity index (χ1) is 12.6. The molecule has 1 aromatic rings. The summed E-state index contributed by atoms with van der Waals surface area (Å²) in [5.41, 5.74) is 1.47. The maximum absolute atomic E-state index is 12.1. The highest BCUT2D eigenvalue weighted by Gasteiger charge is 2.29. The Labute approximate surface area is 163 Å². The van der Waals surface area contributed by atoms with Gasteiger partial charge < -0.3 is 10.6 Å². The molecule has 1 aromatic carbocycles. The molecule has 0 aromatic heterocycles. The van der Waals surface area contributed by atoms with Crippen LogP contribution in [0.25, 0.3) is 0 Å². The molecule has 0 fully saturated rings. The molecule has 0 saturated heterocycles. The Hall–Kier alpha value is -1.91. The zero-order chi connectivity index (χ0) is 18.9. The van der Waals surface area contributed by atoms with Crippen molar-refractivity contribution in [1.82, 2.24) is 10.6 Å². The van der Waals surface area contributed by atoms with Gasteiger partial charge in [0.2, 0.25) is 11.8 Å². The number of amides is 2. The number of carbonyl (C=O) groups excluding carboxylic acids is 2. The number of hydrogen-bond donors (Lipinski definition) is 2. The lowest BCUT2D eigenvalue weighted by atomic mass is 9.87. The third-order valence-electron chi connectivity index (χ3n) is 4.07. The van der Waals surface area contributed by atoms with E-state index in [0.29, 0.717) is 17.1 Å². The van der Waals surface area contributed by atoms with Crippen LogP contribution in [-0.2, 0) is 9.59 Å². The van der Waals surface area contributed by atoms with Crippen molar-refractivity contribution in [3.05, 3.63) is 40.4 Å². The first-order valence-corrected chi connectivity index (χ1v) is 10.8. The fraction of sp³-hybridized carbons (Fsp3) is 0.421. The van der Waals surface area contributed by atoms with Gasteiger partial charge in [0.05, 0.1) is 22.4 Å². The van der Waals surface area contributed by atoms with Crippen molar-refractivity contribution in [3.8, 4) is 6.07 Å². The Balaban J connectivity index is 2.14. The molecule has 0 radical (unpaired) electrons. The molecule has 138 valence electrons. The minimum Gasteiger partial charge on any atom is -0.355 e. The van der Waals surface area contributed by atoms with E-state index in [4.69, 9.17) is 0 Å². The lowest BCUT2D eigenvalue weighted by Crippen LogP contribution is -2.32. The summed E-state index contributed by atoms with van der Waals surface area (Å²) in [6.07, 6.45) is 4.20. The van der Waals surface area contributed by atoms with E-state index in [1.54, 1.807) is 11.8 Å². The zero-order valence-electron chi connectivity index (χ0n) is 15.0. The minimum atomic E-state index is -0.268. The Morgan fingerprint density at radius 1 is 1.38 bits per heavy atom. The van der Waals surface area contributed by atoms with Gasteiger partial charge in [-0.25, -0.2) is 0 Å². The molecule has 26 heavy (non-hydrogen) atoms. The van der Waals surface area contributed by atoms with Crippen LogP contribution in [0.15, 0.2) is 39.8 Å². The maximum Gasteiger partial charge on any atom is 0.230 e. The number of benzene rings is 1. The molecule has 1 heterocycles. The van der Waals surface area contributed by atoms with Gasteiger partial charge in [0.15, 0.2) is 0 Å². The lowest BCUT2D eigenvalue weighted by molar-refractivity contribution is -0.121. The molecule has 0 spiro atoms. The summed E-state index contributed by atoms with van der Waals surface area (Å²) in [7, 11) is 0. The average Bonchev–Trinajstić information content (AvgIpc) is 2.66. The molecule has 0 unspecified atom stereocenters. The molecule has 1 aliphatic heterocycles. The number of nitrogens with zero attached hydrogens (tertiary/aromatic N) is 1. The van der Waals surface area contributed by atoms with Crippen LogP contribution >= 0.6 is 23.5 Å². The van der Waals surface area contributed by atoms with Gasteiger partial charge in [-0.3, -0.25) is 9.59 Å².